The van der Waals surface area contributed by atoms with Gasteiger partial charge < -0.3 is 0 Å². The highest BCUT2D eigenvalue weighted by molar-refractivity contribution is 5.81. The van der Waals surface area contributed by atoms with Crippen LogP contribution in [0.2, 0.25) is 0 Å². The monoisotopic (exact) mass is 334 g/mol. The Morgan fingerprint density at radius 2 is 1.88 bits per heavy atom. The molecule has 2 atom stereocenters. The minimum absolute atomic E-state index is 0.182. The predicted octanol–water partition coefficient (Wildman–Crippen LogP) is 4.45. The number of hydrogen-bond donors (Lipinski definition) is 0. The number of carbonyl (C=O) groups is 1. The van der Waals surface area contributed by atoms with Gasteiger partial charge in [0.2, 0.25) is 0 Å². The van der Waals surface area contributed by atoms with E-state index in [4.69, 9.17) is 5.10 Å². The number of Topliss-reactive ketones (excluding diaryl/α,β-unsaturated/α-hetero) is 1. The average Bonchev–Trinajstić information content (AvgIpc) is 3.27. The first-order chi connectivity index (χ1) is 12.1. The molecule has 25 heavy (non-hydrogen) atoms. The summed E-state index contributed by atoms with van der Waals surface area (Å²) in [6.07, 6.45) is 3.81. The second-order valence-corrected chi connectivity index (χ2v) is 6.71. The first-order valence-corrected chi connectivity index (χ1v) is 8.52. The molecule has 0 radical (unpaired) electrons. The van der Waals surface area contributed by atoms with Crippen molar-refractivity contribution in [2.75, 3.05) is 0 Å². The van der Waals surface area contributed by atoms with Crippen LogP contribution in [0.3, 0.4) is 0 Å². The molecule has 0 amide bonds. The number of carbonyl (C=O) groups excluding carboxylic acids is 1. The van der Waals surface area contributed by atoms with Gasteiger partial charge in [-0.15, -0.1) is 0 Å². The molecule has 2 aromatic carbocycles. The topological polar surface area (TPSA) is 34.9 Å². The van der Waals surface area contributed by atoms with E-state index >= 15 is 0 Å². The van der Waals surface area contributed by atoms with Gasteiger partial charge in [0.15, 0.2) is 0 Å². The van der Waals surface area contributed by atoms with Crippen molar-refractivity contribution in [3.05, 3.63) is 72.2 Å². The summed E-state index contributed by atoms with van der Waals surface area (Å²) in [5.74, 6) is 0.585. The first kappa shape index (κ1) is 15.8. The lowest BCUT2D eigenvalue weighted by Crippen LogP contribution is -1.98. The molecular formula is C21H19FN2O. The van der Waals surface area contributed by atoms with Gasteiger partial charge in [0.05, 0.1) is 11.4 Å². The van der Waals surface area contributed by atoms with Crippen LogP contribution in [0.1, 0.15) is 18.9 Å². The number of ketones is 1. The van der Waals surface area contributed by atoms with Gasteiger partial charge in [0, 0.05) is 17.7 Å². The van der Waals surface area contributed by atoms with Crippen LogP contribution in [-0.4, -0.2) is 15.6 Å². The van der Waals surface area contributed by atoms with E-state index in [1.165, 1.54) is 12.1 Å². The zero-order valence-corrected chi connectivity index (χ0v) is 14.0. The van der Waals surface area contributed by atoms with Crippen LogP contribution in [-0.2, 0) is 11.2 Å². The third-order valence-corrected chi connectivity index (χ3v) is 4.86. The van der Waals surface area contributed by atoms with E-state index in [1.54, 1.807) is 19.1 Å². The molecule has 0 spiro atoms. The Morgan fingerprint density at radius 3 is 2.52 bits per heavy atom. The minimum Gasteiger partial charge on any atom is -0.300 e. The van der Waals surface area contributed by atoms with Gasteiger partial charge in [-0.05, 0) is 67.6 Å². The lowest BCUT2D eigenvalue weighted by molar-refractivity contribution is -0.118. The molecule has 4 heteroatoms. The predicted molar refractivity (Wildman–Crippen MR) is 94.9 cm³/mol. The summed E-state index contributed by atoms with van der Waals surface area (Å²) in [7, 11) is 0. The standard InChI is InChI=1S/C21H19FN2O/c1-14(25)20-12-16(20)11-17-13-24(19-5-3-2-4-6-19)23-21(17)15-7-9-18(22)10-8-15/h2-10,13,16,20H,11-12H2,1H3. The molecule has 1 fully saturated rings. The lowest BCUT2D eigenvalue weighted by Gasteiger charge is -2.02. The highest BCUT2D eigenvalue weighted by Gasteiger charge is 2.41. The van der Waals surface area contributed by atoms with Crippen molar-refractivity contribution in [1.82, 2.24) is 9.78 Å². The number of halogens is 1. The van der Waals surface area contributed by atoms with Crippen LogP contribution in [0, 0.1) is 17.7 Å². The third-order valence-electron chi connectivity index (χ3n) is 4.86. The number of hydrogen-bond acceptors (Lipinski definition) is 2. The molecule has 4 rings (SSSR count). The summed E-state index contributed by atoms with van der Waals surface area (Å²) in [5.41, 5.74) is 3.84. The SMILES string of the molecule is CC(=O)C1CC1Cc1cn(-c2ccccc2)nc1-c1ccc(F)cc1. The van der Waals surface area contributed by atoms with Crippen LogP contribution in [0.5, 0.6) is 0 Å². The van der Waals surface area contributed by atoms with E-state index < -0.39 is 0 Å². The normalized spacial score (nSPS) is 19.0. The molecule has 1 saturated carbocycles. The molecule has 1 aliphatic rings. The van der Waals surface area contributed by atoms with Crippen LogP contribution in [0.25, 0.3) is 16.9 Å². The Labute approximate surface area is 146 Å². The van der Waals surface area contributed by atoms with Crippen molar-refractivity contribution in [2.45, 2.75) is 19.8 Å². The van der Waals surface area contributed by atoms with E-state index in [2.05, 4.69) is 0 Å². The fourth-order valence-electron chi connectivity index (χ4n) is 3.38. The summed E-state index contributed by atoms with van der Waals surface area (Å²) in [6.45, 7) is 1.67. The quantitative estimate of drug-likeness (QED) is 0.691. The molecule has 1 heterocycles. The average molecular weight is 334 g/mol. The summed E-state index contributed by atoms with van der Waals surface area (Å²) in [5, 5.41) is 4.74. The maximum Gasteiger partial charge on any atom is 0.133 e. The Balaban J connectivity index is 1.71. The summed E-state index contributed by atoms with van der Waals surface area (Å²) in [6, 6.07) is 16.3. The van der Waals surface area contributed by atoms with Crippen LogP contribution < -0.4 is 0 Å². The Morgan fingerprint density at radius 1 is 1.16 bits per heavy atom. The molecular weight excluding hydrogens is 315 g/mol. The van der Waals surface area contributed by atoms with Gasteiger partial charge >= 0.3 is 0 Å². The molecule has 1 aliphatic carbocycles. The van der Waals surface area contributed by atoms with Crippen LogP contribution in [0.15, 0.2) is 60.8 Å². The van der Waals surface area contributed by atoms with Gasteiger partial charge in [-0.1, -0.05) is 18.2 Å². The Hall–Kier alpha value is -2.75. The van der Waals surface area contributed by atoms with Crippen molar-refractivity contribution in [2.24, 2.45) is 11.8 Å². The molecule has 0 N–H and O–H groups in total. The highest BCUT2D eigenvalue weighted by Crippen LogP contribution is 2.43. The first-order valence-electron chi connectivity index (χ1n) is 8.52. The maximum absolute atomic E-state index is 13.3. The van der Waals surface area contributed by atoms with Crippen LogP contribution in [0.4, 0.5) is 4.39 Å². The molecule has 3 nitrogen and oxygen atoms in total. The van der Waals surface area contributed by atoms with Crippen molar-refractivity contribution in [3.63, 3.8) is 0 Å². The number of aromatic nitrogens is 2. The molecule has 2 unspecified atom stereocenters. The second-order valence-electron chi connectivity index (χ2n) is 6.71. The van der Waals surface area contributed by atoms with Crippen molar-refractivity contribution < 1.29 is 9.18 Å². The van der Waals surface area contributed by atoms with Crippen molar-refractivity contribution in [1.29, 1.82) is 0 Å². The van der Waals surface area contributed by atoms with Gasteiger partial charge in [-0.2, -0.15) is 5.10 Å². The Kier molecular flexibility index (Phi) is 3.96. The van der Waals surface area contributed by atoms with Gasteiger partial charge in [-0.3, -0.25) is 4.79 Å². The third kappa shape index (κ3) is 3.25. The van der Waals surface area contributed by atoms with E-state index in [-0.39, 0.29) is 17.5 Å². The molecule has 0 bridgehead atoms. The zero-order valence-electron chi connectivity index (χ0n) is 14.0. The molecule has 126 valence electrons. The minimum atomic E-state index is -0.258. The number of nitrogens with zero attached hydrogens (tertiary/aromatic N) is 2. The highest BCUT2D eigenvalue weighted by atomic mass is 19.1. The van der Waals surface area contributed by atoms with Gasteiger partial charge in [0.25, 0.3) is 0 Å². The van der Waals surface area contributed by atoms with Crippen molar-refractivity contribution >= 4 is 5.78 Å². The lowest BCUT2D eigenvalue weighted by atomic mass is 10.0. The van der Waals surface area contributed by atoms with Crippen molar-refractivity contribution in [3.8, 4) is 16.9 Å². The van der Waals surface area contributed by atoms with E-state index in [0.29, 0.717) is 5.92 Å². The van der Waals surface area contributed by atoms with Gasteiger partial charge in [0.1, 0.15) is 11.6 Å². The van der Waals surface area contributed by atoms with E-state index in [1.807, 2.05) is 41.2 Å². The van der Waals surface area contributed by atoms with Gasteiger partial charge in [-0.25, -0.2) is 9.07 Å². The number of rotatable bonds is 5. The molecule has 0 aliphatic heterocycles. The fraction of sp³-hybridized carbons (Fsp3) is 0.238. The number of benzene rings is 2. The zero-order chi connectivity index (χ0) is 17.4. The van der Waals surface area contributed by atoms with E-state index in [9.17, 15) is 9.18 Å². The molecule has 1 aromatic heterocycles. The fourth-order valence-corrected chi connectivity index (χ4v) is 3.38. The molecule has 0 saturated heterocycles. The Bertz CT molecular complexity index is 899. The smallest absolute Gasteiger partial charge is 0.133 e. The maximum atomic E-state index is 13.3. The summed E-state index contributed by atoms with van der Waals surface area (Å²) < 4.78 is 15.1. The summed E-state index contributed by atoms with van der Waals surface area (Å²) >= 11 is 0. The second kappa shape index (κ2) is 6.28. The summed E-state index contributed by atoms with van der Waals surface area (Å²) in [4.78, 5) is 11.6. The van der Waals surface area contributed by atoms with E-state index in [0.717, 1.165) is 35.3 Å². The number of para-hydroxylation sites is 1. The largest absolute Gasteiger partial charge is 0.300 e. The van der Waals surface area contributed by atoms with Crippen LogP contribution >= 0.6 is 0 Å². The molecule has 3 aromatic rings.